The van der Waals surface area contributed by atoms with Crippen molar-refractivity contribution in [1.82, 2.24) is 5.32 Å². The summed E-state index contributed by atoms with van der Waals surface area (Å²) >= 11 is 0. The number of hydrogen-bond donors (Lipinski definition) is 1. The first kappa shape index (κ1) is 11.4. The molecule has 0 aliphatic carbocycles. The van der Waals surface area contributed by atoms with Crippen molar-refractivity contribution < 1.29 is 19.1 Å². The molecular weight excluding hydrogens is 222 g/mol. The monoisotopic (exact) mass is 235 g/mol. The molecule has 1 fully saturated rings. The van der Waals surface area contributed by atoms with Crippen molar-refractivity contribution in [2.24, 2.45) is 0 Å². The summed E-state index contributed by atoms with van der Waals surface area (Å²) in [4.78, 5) is 22.9. The quantitative estimate of drug-likeness (QED) is 0.804. The van der Waals surface area contributed by atoms with Crippen LogP contribution in [0.5, 0.6) is 0 Å². The molecule has 1 aromatic rings. The first-order valence-corrected chi connectivity index (χ1v) is 5.41. The fourth-order valence-corrected chi connectivity index (χ4v) is 1.74. The van der Waals surface area contributed by atoms with Crippen molar-refractivity contribution in [2.75, 3.05) is 6.61 Å². The summed E-state index contributed by atoms with van der Waals surface area (Å²) < 4.78 is 9.97. The van der Waals surface area contributed by atoms with Gasteiger partial charge in [0.1, 0.15) is 0 Å². The molecular formula is C12H13NO4. The molecule has 0 bridgehead atoms. The van der Waals surface area contributed by atoms with Crippen LogP contribution < -0.4 is 5.32 Å². The predicted octanol–water partition coefficient (Wildman–Crippen LogP) is 1.40. The third kappa shape index (κ3) is 2.38. The highest BCUT2D eigenvalue weighted by atomic mass is 16.6. The molecule has 5 nitrogen and oxygen atoms in total. The van der Waals surface area contributed by atoms with E-state index >= 15 is 0 Å². The summed E-state index contributed by atoms with van der Waals surface area (Å²) in [5, 5.41) is 2.45. The molecule has 0 spiro atoms. The van der Waals surface area contributed by atoms with Gasteiger partial charge in [-0.2, -0.15) is 0 Å². The number of esters is 1. The van der Waals surface area contributed by atoms with Gasteiger partial charge in [0.05, 0.1) is 6.61 Å². The summed E-state index contributed by atoms with van der Waals surface area (Å²) in [5.74, 6) is -0.479. The minimum atomic E-state index is -0.773. The molecule has 2 atom stereocenters. The van der Waals surface area contributed by atoms with Crippen molar-refractivity contribution in [3.05, 3.63) is 35.9 Å². The Morgan fingerprint density at radius 1 is 1.41 bits per heavy atom. The minimum absolute atomic E-state index is 0.271. The highest BCUT2D eigenvalue weighted by Crippen LogP contribution is 2.26. The molecule has 17 heavy (non-hydrogen) atoms. The number of amides is 1. The molecule has 1 aromatic carbocycles. The first-order chi connectivity index (χ1) is 8.22. The zero-order valence-electron chi connectivity index (χ0n) is 9.38. The fourth-order valence-electron chi connectivity index (χ4n) is 1.74. The number of nitrogens with one attached hydrogen (secondary N) is 1. The number of ether oxygens (including phenoxy) is 2. The van der Waals surface area contributed by atoms with Crippen LogP contribution in [0.4, 0.5) is 4.79 Å². The van der Waals surface area contributed by atoms with Crippen LogP contribution in [0, 0.1) is 0 Å². The maximum absolute atomic E-state index is 11.7. The van der Waals surface area contributed by atoms with Gasteiger partial charge in [-0.1, -0.05) is 30.3 Å². The van der Waals surface area contributed by atoms with Gasteiger partial charge < -0.3 is 14.8 Å². The van der Waals surface area contributed by atoms with E-state index in [1.165, 1.54) is 0 Å². The van der Waals surface area contributed by atoms with Crippen molar-refractivity contribution >= 4 is 12.1 Å². The molecule has 1 N–H and O–H groups in total. The van der Waals surface area contributed by atoms with E-state index in [4.69, 9.17) is 9.47 Å². The molecule has 5 heteroatoms. The molecule has 2 rings (SSSR count). The zero-order valence-corrected chi connectivity index (χ0v) is 9.38. The van der Waals surface area contributed by atoms with Gasteiger partial charge in [0.25, 0.3) is 0 Å². The first-order valence-electron chi connectivity index (χ1n) is 5.41. The van der Waals surface area contributed by atoms with Gasteiger partial charge in [-0.25, -0.2) is 9.59 Å². The highest BCUT2D eigenvalue weighted by molar-refractivity contribution is 5.85. The van der Waals surface area contributed by atoms with Gasteiger partial charge >= 0.3 is 12.1 Å². The lowest BCUT2D eigenvalue weighted by Crippen LogP contribution is -2.37. The zero-order chi connectivity index (χ0) is 12.3. The summed E-state index contributed by atoms with van der Waals surface area (Å²) in [6, 6.07) is 8.33. The van der Waals surface area contributed by atoms with Crippen LogP contribution in [0.3, 0.4) is 0 Å². The number of carbonyl (C=O) groups excluding carboxylic acids is 2. The van der Waals surface area contributed by atoms with Crippen molar-refractivity contribution in [1.29, 1.82) is 0 Å². The Morgan fingerprint density at radius 3 is 2.76 bits per heavy atom. The van der Waals surface area contributed by atoms with E-state index in [0.29, 0.717) is 0 Å². The van der Waals surface area contributed by atoms with Gasteiger partial charge in [0, 0.05) is 0 Å². The van der Waals surface area contributed by atoms with Crippen LogP contribution in [0.2, 0.25) is 0 Å². The summed E-state index contributed by atoms with van der Waals surface area (Å²) in [6.45, 7) is 1.99. The topological polar surface area (TPSA) is 64.6 Å². The summed E-state index contributed by atoms with van der Waals surface area (Å²) in [7, 11) is 0. The van der Waals surface area contributed by atoms with E-state index in [-0.39, 0.29) is 6.61 Å². The number of alkyl carbamates (subject to hydrolysis) is 1. The largest absolute Gasteiger partial charge is 0.464 e. The van der Waals surface area contributed by atoms with E-state index in [2.05, 4.69) is 5.32 Å². The Kier molecular flexibility index (Phi) is 3.27. The lowest BCUT2D eigenvalue weighted by molar-refractivity contribution is -0.146. The molecule has 1 aliphatic rings. The number of hydrogen-bond acceptors (Lipinski definition) is 4. The molecule has 1 heterocycles. The van der Waals surface area contributed by atoms with Crippen LogP contribution in [0.15, 0.2) is 30.3 Å². The number of rotatable bonds is 3. The Hall–Kier alpha value is -2.04. The number of carbonyl (C=O) groups is 2. The van der Waals surface area contributed by atoms with E-state index in [1.807, 2.05) is 18.2 Å². The SMILES string of the molecule is CCOC(=O)[C@H]1NC(=O)O[C@@H]1c1ccccc1. The second-order valence-corrected chi connectivity index (χ2v) is 3.61. The molecule has 1 aliphatic heterocycles. The van der Waals surface area contributed by atoms with Crippen LogP contribution in [0.1, 0.15) is 18.6 Å². The van der Waals surface area contributed by atoms with Crippen LogP contribution in [-0.2, 0) is 14.3 Å². The van der Waals surface area contributed by atoms with Gasteiger partial charge in [-0.15, -0.1) is 0 Å². The van der Waals surface area contributed by atoms with E-state index in [1.54, 1.807) is 19.1 Å². The highest BCUT2D eigenvalue weighted by Gasteiger charge is 2.41. The molecule has 1 saturated heterocycles. The van der Waals surface area contributed by atoms with Crippen molar-refractivity contribution in [3.8, 4) is 0 Å². The van der Waals surface area contributed by atoms with Crippen LogP contribution in [-0.4, -0.2) is 24.7 Å². The lowest BCUT2D eigenvalue weighted by atomic mass is 10.0. The molecule has 0 aromatic heterocycles. The molecule has 90 valence electrons. The maximum Gasteiger partial charge on any atom is 0.408 e. The molecule has 0 unspecified atom stereocenters. The summed E-state index contributed by atoms with van der Waals surface area (Å²) in [6.07, 6.45) is -1.22. The van der Waals surface area contributed by atoms with E-state index < -0.39 is 24.2 Å². The van der Waals surface area contributed by atoms with Gasteiger partial charge in [0.15, 0.2) is 12.1 Å². The van der Waals surface area contributed by atoms with E-state index in [9.17, 15) is 9.59 Å². The standard InChI is InChI=1S/C12H13NO4/c1-2-16-11(14)9-10(17-12(15)13-9)8-6-4-3-5-7-8/h3-7,9-10H,2H2,1H3,(H,13,15)/t9-,10+/m0/s1. The lowest BCUT2D eigenvalue weighted by Gasteiger charge is -2.15. The van der Waals surface area contributed by atoms with Crippen LogP contribution in [0.25, 0.3) is 0 Å². The molecule has 0 radical (unpaired) electrons. The Balaban J connectivity index is 2.20. The Labute approximate surface area is 98.7 Å². The summed E-state index contributed by atoms with van der Waals surface area (Å²) in [5.41, 5.74) is 0.768. The second kappa shape index (κ2) is 4.86. The third-order valence-electron chi connectivity index (χ3n) is 2.48. The third-order valence-corrected chi connectivity index (χ3v) is 2.48. The average molecular weight is 235 g/mol. The molecule has 1 amide bonds. The predicted molar refractivity (Wildman–Crippen MR) is 59.2 cm³/mol. The number of benzene rings is 1. The smallest absolute Gasteiger partial charge is 0.408 e. The maximum atomic E-state index is 11.7. The second-order valence-electron chi connectivity index (χ2n) is 3.61. The van der Waals surface area contributed by atoms with Crippen molar-refractivity contribution in [2.45, 2.75) is 19.1 Å². The van der Waals surface area contributed by atoms with Crippen LogP contribution >= 0.6 is 0 Å². The normalized spacial score (nSPS) is 22.8. The van der Waals surface area contributed by atoms with Crippen molar-refractivity contribution in [3.63, 3.8) is 0 Å². The Bertz CT molecular complexity index is 418. The number of cyclic esters (lactones) is 1. The minimum Gasteiger partial charge on any atom is -0.464 e. The van der Waals surface area contributed by atoms with E-state index in [0.717, 1.165) is 5.56 Å². The van der Waals surface area contributed by atoms with Gasteiger partial charge in [-0.05, 0) is 12.5 Å². The van der Waals surface area contributed by atoms with Gasteiger partial charge in [0.2, 0.25) is 0 Å². The molecule has 0 saturated carbocycles. The fraction of sp³-hybridized carbons (Fsp3) is 0.333. The Morgan fingerprint density at radius 2 is 2.12 bits per heavy atom. The average Bonchev–Trinajstić information content (AvgIpc) is 2.73. The van der Waals surface area contributed by atoms with Gasteiger partial charge in [-0.3, -0.25) is 0 Å².